The SMILES string of the molecule is CCCCCCC(=O)N/N=C/c1cc(I)cc(I)c1O. The smallest absolute Gasteiger partial charge is 0.240 e. The van der Waals surface area contributed by atoms with Crippen molar-refractivity contribution in [2.24, 2.45) is 5.10 Å². The largest absolute Gasteiger partial charge is 0.506 e. The van der Waals surface area contributed by atoms with Gasteiger partial charge in [-0.1, -0.05) is 26.2 Å². The Kier molecular flexibility index (Phi) is 8.43. The van der Waals surface area contributed by atoms with E-state index in [2.05, 4.69) is 62.6 Å². The third-order valence-electron chi connectivity index (χ3n) is 2.71. The first-order valence-electron chi connectivity index (χ1n) is 6.54. The number of phenolic OH excluding ortho intramolecular Hbond substituents is 1. The van der Waals surface area contributed by atoms with Gasteiger partial charge in [0.15, 0.2) is 0 Å². The molecule has 0 unspecified atom stereocenters. The van der Waals surface area contributed by atoms with Crippen LogP contribution in [0.4, 0.5) is 0 Å². The molecule has 0 bridgehead atoms. The standard InChI is InChI=1S/C14H18I2N2O2/c1-2-3-4-5-6-13(19)18-17-9-10-7-11(15)8-12(16)14(10)20/h7-9,20H,2-6H2,1H3,(H,18,19)/b17-9+. The number of nitrogens with zero attached hydrogens (tertiary/aromatic N) is 1. The van der Waals surface area contributed by atoms with Crippen molar-refractivity contribution < 1.29 is 9.90 Å². The number of rotatable bonds is 7. The van der Waals surface area contributed by atoms with Gasteiger partial charge in [0.1, 0.15) is 5.75 Å². The Hall–Kier alpha value is -0.380. The van der Waals surface area contributed by atoms with E-state index < -0.39 is 0 Å². The van der Waals surface area contributed by atoms with Crippen LogP contribution in [0.2, 0.25) is 0 Å². The van der Waals surface area contributed by atoms with Crippen LogP contribution in [0.5, 0.6) is 5.75 Å². The van der Waals surface area contributed by atoms with Crippen molar-refractivity contribution in [1.29, 1.82) is 0 Å². The summed E-state index contributed by atoms with van der Waals surface area (Å²) >= 11 is 4.24. The summed E-state index contributed by atoms with van der Waals surface area (Å²) in [6.45, 7) is 2.14. The zero-order valence-corrected chi connectivity index (χ0v) is 15.6. The molecule has 0 aliphatic rings. The number of hydrogen-bond donors (Lipinski definition) is 2. The van der Waals surface area contributed by atoms with E-state index in [0.29, 0.717) is 12.0 Å². The highest BCUT2D eigenvalue weighted by molar-refractivity contribution is 14.1. The molecule has 2 N–H and O–H groups in total. The van der Waals surface area contributed by atoms with Crippen LogP contribution >= 0.6 is 45.2 Å². The molecule has 0 aromatic heterocycles. The Bertz CT molecular complexity index is 490. The highest BCUT2D eigenvalue weighted by atomic mass is 127. The normalized spacial score (nSPS) is 10.9. The third kappa shape index (κ3) is 6.38. The molecule has 1 amide bonds. The summed E-state index contributed by atoms with van der Waals surface area (Å²) < 4.78 is 1.78. The number of amides is 1. The van der Waals surface area contributed by atoms with Crippen LogP contribution in [0, 0.1) is 7.14 Å². The van der Waals surface area contributed by atoms with Gasteiger partial charge in [0.2, 0.25) is 5.91 Å². The van der Waals surface area contributed by atoms with Crippen LogP contribution in [0.1, 0.15) is 44.6 Å². The number of carbonyl (C=O) groups excluding carboxylic acids is 1. The molecule has 1 rings (SSSR count). The number of carbonyl (C=O) groups is 1. The van der Waals surface area contributed by atoms with Crippen molar-refractivity contribution in [3.63, 3.8) is 0 Å². The summed E-state index contributed by atoms with van der Waals surface area (Å²) in [5, 5.41) is 13.8. The first-order chi connectivity index (χ1) is 9.54. The highest BCUT2D eigenvalue weighted by Gasteiger charge is 2.05. The van der Waals surface area contributed by atoms with Gasteiger partial charge < -0.3 is 5.11 Å². The van der Waals surface area contributed by atoms with Crippen molar-refractivity contribution in [2.75, 3.05) is 0 Å². The van der Waals surface area contributed by atoms with Gasteiger partial charge in [-0.05, 0) is 63.7 Å². The van der Waals surface area contributed by atoms with E-state index in [9.17, 15) is 9.90 Å². The van der Waals surface area contributed by atoms with E-state index in [1.165, 1.54) is 6.21 Å². The fourth-order valence-corrected chi connectivity index (χ4v) is 3.52. The molecule has 0 saturated carbocycles. The van der Waals surface area contributed by atoms with Gasteiger partial charge >= 0.3 is 0 Å². The van der Waals surface area contributed by atoms with Crippen LogP contribution in [0.25, 0.3) is 0 Å². The second kappa shape index (κ2) is 9.54. The number of phenols is 1. The number of aromatic hydroxyl groups is 1. The molecular weight excluding hydrogens is 482 g/mol. The molecule has 110 valence electrons. The lowest BCUT2D eigenvalue weighted by atomic mass is 10.1. The van der Waals surface area contributed by atoms with Crippen molar-refractivity contribution in [1.82, 2.24) is 5.43 Å². The molecule has 4 nitrogen and oxygen atoms in total. The maximum atomic E-state index is 11.5. The second-order valence-electron chi connectivity index (χ2n) is 4.43. The second-order valence-corrected chi connectivity index (χ2v) is 6.84. The zero-order valence-electron chi connectivity index (χ0n) is 11.3. The number of unbranched alkanes of at least 4 members (excludes halogenated alkanes) is 3. The summed E-state index contributed by atoms with van der Waals surface area (Å²) in [7, 11) is 0. The quantitative estimate of drug-likeness (QED) is 0.257. The van der Waals surface area contributed by atoms with Gasteiger partial charge in [-0.25, -0.2) is 5.43 Å². The van der Waals surface area contributed by atoms with Gasteiger partial charge in [-0.15, -0.1) is 0 Å². The van der Waals surface area contributed by atoms with Crippen LogP contribution in [0.3, 0.4) is 0 Å². The minimum atomic E-state index is -0.0860. The average Bonchev–Trinajstić information content (AvgIpc) is 2.40. The zero-order chi connectivity index (χ0) is 15.0. The van der Waals surface area contributed by atoms with Gasteiger partial charge in [0.25, 0.3) is 0 Å². The molecule has 20 heavy (non-hydrogen) atoms. The summed E-state index contributed by atoms with van der Waals surface area (Å²) in [6.07, 6.45) is 6.25. The van der Waals surface area contributed by atoms with E-state index in [0.717, 1.165) is 32.8 Å². The Morgan fingerprint density at radius 1 is 1.35 bits per heavy atom. The molecule has 0 radical (unpaired) electrons. The van der Waals surface area contributed by atoms with E-state index in [1.807, 2.05) is 12.1 Å². The van der Waals surface area contributed by atoms with E-state index in [-0.39, 0.29) is 11.7 Å². The van der Waals surface area contributed by atoms with Crippen molar-refractivity contribution in [3.8, 4) is 5.75 Å². The predicted octanol–water partition coefficient (Wildman–Crippen LogP) is 4.02. The lowest BCUT2D eigenvalue weighted by Gasteiger charge is -2.03. The van der Waals surface area contributed by atoms with Gasteiger partial charge in [-0.2, -0.15) is 5.10 Å². The van der Waals surface area contributed by atoms with Gasteiger partial charge in [0, 0.05) is 15.6 Å². The van der Waals surface area contributed by atoms with Gasteiger partial charge in [-0.3, -0.25) is 4.79 Å². The lowest BCUT2D eigenvalue weighted by molar-refractivity contribution is -0.121. The number of hydrogen-bond acceptors (Lipinski definition) is 3. The van der Waals surface area contributed by atoms with Crippen molar-refractivity contribution in [3.05, 3.63) is 24.8 Å². The Labute approximate surface area is 146 Å². The molecule has 0 aliphatic carbocycles. The molecule has 0 heterocycles. The third-order valence-corrected chi connectivity index (χ3v) is 4.15. The molecule has 1 aromatic rings. The van der Waals surface area contributed by atoms with E-state index in [1.54, 1.807) is 0 Å². The molecule has 0 fully saturated rings. The monoisotopic (exact) mass is 500 g/mol. The molecule has 6 heteroatoms. The molecule has 0 saturated heterocycles. The van der Waals surface area contributed by atoms with Crippen molar-refractivity contribution in [2.45, 2.75) is 39.0 Å². The first-order valence-corrected chi connectivity index (χ1v) is 8.70. The minimum Gasteiger partial charge on any atom is -0.506 e. The Morgan fingerprint density at radius 2 is 2.10 bits per heavy atom. The fourth-order valence-electron chi connectivity index (χ4n) is 1.63. The molecular formula is C14H18I2N2O2. The fraction of sp³-hybridized carbons (Fsp3) is 0.429. The average molecular weight is 500 g/mol. The van der Waals surface area contributed by atoms with Crippen LogP contribution in [-0.4, -0.2) is 17.2 Å². The van der Waals surface area contributed by atoms with Crippen LogP contribution < -0.4 is 5.43 Å². The highest BCUT2D eigenvalue weighted by Crippen LogP contribution is 2.25. The summed E-state index contributed by atoms with van der Waals surface area (Å²) in [5.74, 6) is 0.101. The van der Waals surface area contributed by atoms with Gasteiger partial charge in [0.05, 0.1) is 9.78 Å². The van der Waals surface area contributed by atoms with E-state index in [4.69, 9.17) is 0 Å². The molecule has 0 spiro atoms. The number of nitrogens with one attached hydrogen (secondary N) is 1. The lowest BCUT2D eigenvalue weighted by Crippen LogP contribution is -2.16. The summed E-state index contributed by atoms with van der Waals surface area (Å²) in [4.78, 5) is 11.5. The minimum absolute atomic E-state index is 0.0860. The molecule has 0 aliphatic heterocycles. The maximum Gasteiger partial charge on any atom is 0.240 e. The number of benzene rings is 1. The predicted molar refractivity (Wildman–Crippen MR) is 98.0 cm³/mol. The van der Waals surface area contributed by atoms with Crippen molar-refractivity contribution >= 4 is 57.3 Å². The maximum absolute atomic E-state index is 11.5. The summed E-state index contributed by atoms with van der Waals surface area (Å²) in [6, 6.07) is 3.69. The first kappa shape index (κ1) is 17.7. The van der Waals surface area contributed by atoms with Crippen LogP contribution in [-0.2, 0) is 4.79 Å². The number of halogens is 2. The summed E-state index contributed by atoms with van der Waals surface area (Å²) in [5.41, 5.74) is 3.09. The molecule has 0 atom stereocenters. The number of hydrazone groups is 1. The Balaban J connectivity index is 2.47. The molecule has 1 aromatic carbocycles. The van der Waals surface area contributed by atoms with Crippen LogP contribution in [0.15, 0.2) is 17.2 Å². The Morgan fingerprint density at radius 3 is 2.80 bits per heavy atom. The van der Waals surface area contributed by atoms with E-state index >= 15 is 0 Å². The topological polar surface area (TPSA) is 61.7 Å².